The topological polar surface area (TPSA) is 98.3 Å². The van der Waals surface area contributed by atoms with Gasteiger partial charge in [0.2, 0.25) is 0 Å². The number of carbonyl (C=O) groups is 1. The van der Waals surface area contributed by atoms with Crippen molar-refractivity contribution in [2.24, 2.45) is 0 Å². The molecular formula is C26H23FN4O4S. The van der Waals surface area contributed by atoms with E-state index < -0.39 is 10.7 Å². The Hall–Kier alpha value is -4.05. The third-order valence-corrected chi connectivity index (χ3v) is 6.72. The van der Waals surface area contributed by atoms with Crippen LogP contribution in [0.2, 0.25) is 0 Å². The van der Waals surface area contributed by atoms with E-state index >= 15 is 0 Å². The molecule has 0 saturated heterocycles. The van der Waals surface area contributed by atoms with Gasteiger partial charge in [0.05, 0.1) is 21.5 Å². The highest BCUT2D eigenvalue weighted by Crippen LogP contribution is 2.26. The molecule has 0 aliphatic carbocycles. The maximum Gasteiger partial charge on any atom is 0.269 e. The molecule has 1 aromatic heterocycles. The van der Waals surface area contributed by atoms with Crippen LogP contribution in [0.4, 0.5) is 10.1 Å². The van der Waals surface area contributed by atoms with Crippen LogP contribution < -0.4 is 5.56 Å². The predicted molar refractivity (Wildman–Crippen MR) is 137 cm³/mol. The summed E-state index contributed by atoms with van der Waals surface area (Å²) in [6.45, 7) is 4.89. The SMILES string of the molecule is CCN(CC)C(=O)c1ccc2c(=O)n(-c3ccc(F)cc3)c(SCc3cccc([N+](=O)[O-])c3)nc2c1. The van der Waals surface area contributed by atoms with Crippen molar-refractivity contribution in [3.05, 3.63) is 104 Å². The van der Waals surface area contributed by atoms with E-state index in [4.69, 9.17) is 0 Å². The third kappa shape index (κ3) is 5.13. The van der Waals surface area contributed by atoms with Crippen molar-refractivity contribution in [1.82, 2.24) is 14.5 Å². The summed E-state index contributed by atoms with van der Waals surface area (Å²) in [5.74, 6) is -0.290. The highest BCUT2D eigenvalue weighted by atomic mass is 32.2. The van der Waals surface area contributed by atoms with Gasteiger partial charge in [-0.3, -0.25) is 24.3 Å². The summed E-state index contributed by atoms with van der Waals surface area (Å²) in [7, 11) is 0. The number of non-ortho nitro benzene ring substituents is 1. The summed E-state index contributed by atoms with van der Waals surface area (Å²) in [5.41, 5.74) is 1.50. The summed E-state index contributed by atoms with van der Waals surface area (Å²) < 4.78 is 15.0. The molecule has 36 heavy (non-hydrogen) atoms. The first-order valence-corrected chi connectivity index (χ1v) is 12.3. The fraction of sp³-hybridized carbons (Fsp3) is 0.192. The molecule has 184 valence electrons. The average Bonchev–Trinajstić information content (AvgIpc) is 2.88. The van der Waals surface area contributed by atoms with Crippen LogP contribution in [0.1, 0.15) is 29.8 Å². The van der Waals surface area contributed by atoms with Crippen molar-refractivity contribution in [3.8, 4) is 5.69 Å². The Morgan fingerprint density at radius 3 is 2.47 bits per heavy atom. The molecule has 0 radical (unpaired) electrons. The van der Waals surface area contributed by atoms with Crippen molar-refractivity contribution >= 4 is 34.3 Å². The smallest absolute Gasteiger partial charge is 0.269 e. The number of nitrogens with zero attached hydrogens (tertiary/aromatic N) is 4. The Kier molecular flexibility index (Phi) is 7.44. The normalized spacial score (nSPS) is 11.0. The number of nitro groups is 1. The monoisotopic (exact) mass is 506 g/mol. The van der Waals surface area contributed by atoms with Gasteiger partial charge in [-0.2, -0.15) is 0 Å². The van der Waals surface area contributed by atoms with Crippen LogP contribution in [0.25, 0.3) is 16.6 Å². The van der Waals surface area contributed by atoms with E-state index in [1.165, 1.54) is 52.7 Å². The van der Waals surface area contributed by atoms with Gasteiger partial charge in [-0.05, 0) is 61.9 Å². The third-order valence-electron chi connectivity index (χ3n) is 5.71. The number of hydrogen-bond acceptors (Lipinski definition) is 6. The largest absolute Gasteiger partial charge is 0.339 e. The number of halogens is 1. The van der Waals surface area contributed by atoms with E-state index in [1.54, 1.807) is 35.2 Å². The van der Waals surface area contributed by atoms with E-state index in [2.05, 4.69) is 4.98 Å². The Morgan fingerprint density at radius 2 is 1.81 bits per heavy atom. The maximum absolute atomic E-state index is 13.6. The fourth-order valence-electron chi connectivity index (χ4n) is 3.81. The number of hydrogen-bond donors (Lipinski definition) is 0. The van der Waals surface area contributed by atoms with Crippen LogP contribution in [-0.4, -0.2) is 38.4 Å². The van der Waals surface area contributed by atoms with Gasteiger partial charge in [-0.1, -0.05) is 23.9 Å². The second-order valence-electron chi connectivity index (χ2n) is 7.94. The van der Waals surface area contributed by atoms with Crippen LogP contribution in [0.15, 0.2) is 76.7 Å². The quantitative estimate of drug-likeness (QED) is 0.141. The average molecular weight is 507 g/mol. The maximum atomic E-state index is 13.6. The zero-order valence-corrected chi connectivity index (χ0v) is 20.5. The zero-order chi connectivity index (χ0) is 25.8. The first-order valence-electron chi connectivity index (χ1n) is 11.3. The molecule has 1 amide bonds. The number of amides is 1. The van der Waals surface area contributed by atoms with Crippen molar-refractivity contribution in [1.29, 1.82) is 0 Å². The van der Waals surface area contributed by atoms with Crippen LogP contribution in [0, 0.1) is 15.9 Å². The summed E-state index contributed by atoms with van der Waals surface area (Å²) >= 11 is 1.22. The molecule has 1 heterocycles. The number of rotatable bonds is 8. The molecule has 3 aromatic carbocycles. The number of carbonyl (C=O) groups excluding carboxylic acids is 1. The highest BCUT2D eigenvalue weighted by Gasteiger charge is 2.18. The molecule has 0 atom stereocenters. The van der Waals surface area contributed by atoms with E-state index in [0.29, 0.717) is 51.7 Å². The number of fused-ring (bicyclic) bond motifs is 1. The van der Waals surface area contributed by atoms with Crippen molar-refractivity contribution in [2.75, 3.05) is 13.1 Å². The van der Waals surface area contributed by atoms with Crippen molar-refractivity contribution in [2.45, 2.75) is 24.8 Å². The van der Waals surface area contributed by atoms with Crippen LogP contribution in [0.3, 0.4) is 0 Å². The molecular weight excluding hydrogens is 483 g/mol. The van der Waals surface area contributed by atoms with Crippen LogP contribution in [0.5, 0.6) is 0 Å². The van der Waals surface area contributed by atoms with E-state index in [9.17, 15) is 24.1 Å². The summed E-state index contributed by atoms with van der Waals surface area (Å²) in [6.07, 6.45) is 0. The zero-order valence-electron chi connectivity index (χ0n) is 19.7. The first kappa shape index (κ1) is 25.1. The fourth-order valence-corrected chi connectivity index (χ4v) is 4.77. The number of nitro benzene ring substituents is 1. The predicted octanol–water partition coefficient (Wildman–Crippen LogP) is 5.21. The summed E-state index contributed by atoms with van der Waals surface area (Å²) in [5, 5.41) is 11.8. The van der Waals surface area contributed by atoms with Gasteiger partial charge in [0, 0.05) is 36.5 Å². The van der Waals surface area contributed by atoms with E-state index in [1.807, 2.05) is 13.8 Å². The van der Waals surface area contributed by atoms with Gasteiger partial charge in [0.15, 0.2) is 5.16 Å². The van der Waals surface area contributed by atoms with Gasteiger partial charge >= 0.3 is 0 Å². The molecule has 0 unspecified atom stereocenters. The minimum Gasteiger partial charge on any atom is -0.339 e. The van der Waals surface area contributed by atoms with Crippen LogP contribution in [-0.2, 0) is 5.75 Å². The molecule has 0 aliphatic rings. The molecule has 4 rings (SSSR count). The molecule has 0 N–H and O–H groups in total. The Labute approximate surface area is 210 Å². The molecule has 0 fully saturated rings. The van der Waals surface area contributed by atoms with Gasteiger partial charge < -0.3 is 4.90 Å². The van der Waals surface area contributed by atoms with Gasteiger partial charge in [-0.15, -0.1) is 0 Å². The lowest BCUT2D eigenvalue weighted by molar-refractivity contribution is -0.384. The molecule has 0 saturated carbocycles. The van der Waals surface area contributed by atoms with E-state index in [0.717, 1.165) is 0 Å². The minimum atomic E-state index is -0.467. The number of benzene rings is 3. The van der Waals surface area contributed by atoms with E-state index in [-0.39, 0.29) is 17.2 Å². The second kappa shape index (κ2) is 10.7. The lowest BCUT2D eigenvalue weighted by Crippen LogP contribution is -2.30. The van der Waals surface area contributed by atoms with Crippen molar-refractivity contribution in [3.63, 3.8) is 0 Å². The Bertz CT molecular complexity index is 1500. The molecule has 10 heteroatoms. The standard InChI is InChI=1S/C26H23FN4O4S/c1-3-29(4-2)24(32)18-8-13-22-23(15-18)28-26(30(25(22)33)20-11-9-19(27)10-12-20)36-16-17-6-5-7-21(14-17)31(34)35/h5-15H,3-4,16H2,1-2H3. The molecule has 0 bridgehead atoms. The Balaban J connectivity index is 1.82. The lowest BCUT2D eigenvalue weighted by Gasteiger charge is -2.19. The van der Waals surface area contributed by atoms with Crippen LogP contribution >= 0.6 is 11.8 Å². The Morgan fingerprint density at radius 1 is 1.08 bits per heavy atom. The van der Waals surface area contributed by atoms with Gasteiger partial charge in [0.25, 0.3) is 17.2 Å². The number of aromatic nitrogens is 2. The minimum absolute atomic E-state index is 0.0324. The second-order valence-corrected chi connectivity index (χ2v) is 8.88. The van der Waals surface area contributed by atoms with Crippen molar-refractivity contribution < 1.29 is 14.1 Å². The lowest BCUT2D eigenvalue weighted by atomic mass is 10.1. The van der Waals surface area contributed by atoms with Gasteiger partial charge in [-0.25, -0.2) is 9.37 Å². The van der Waals surface area contributed by atoms with Gasteiger partial charge in [0.1, 0.15) is 5.82 Å². The molecule has 4 aromatic rings. The molecule has 0 spiro atoms. The molecule has 0 aliphatic heterocycles. The summed E-state index contributed by atoms with van der Waals surface area (Å²) in [6, 6.07) is 16.5. The highest BCUT2D eigenvalue weighted by molar-refractivity contribution is 7.98. The first-order chi connectivity index (χ1) is 17.3. The number of thioether (sulfide) groups is 1. The summed E-state index contributed by atoms with van der Waals surface area (Å²) in [4.78, 5) is 43.4. The molecule has 8 nitrogen and oxygen atoms in total.